The zero-order valence-corrected chi connectivity index (χ0v) is 76.0. The minimum Gasteiger partial charge on any atom is -0.0622 e. The Morgan fingerprint density at radius 1 is 0.0725 bits per heavy atom. The first-order chi connectivity index (χ1) is 68.5. The summed E-state index contributed by atoms with van der Waals surface area (Å²) in [5.74, 6) is 0. The molecule has 0 amide bonds. The van der Waals surface area contributed by atoms with Gasteiger partial charge in [-0.1, -0.05) is 497 Å². The molecular formula is C138H90. The SMILES string of the molecule is c1ccc(-c2c3ccccc3c(-c3cccc4ccc(-c5cccc(-c6ccc7ccccc7c6)c5)cc34)c3ccccc23)cc1.c1ccc(-c2c3ccccc3c(-c3cccc4ccc(-c5ccccc5-c5ccc6ccccc6c5)cc34)c3ccccc23)cc1.c1ccc(-c2cccc(-c3ccc4cccc(-c5c6ccccc6c(-c6ccc7ccccc7c6)c6ccccc56)c4c3)c2)cc1. The van der Waals surface area contributed by atoms with Gasteiger partial charge in [0.2, 0.25) is 0 Å². The van der Waals surface area contributed by atoms with E-state index in [0.29, 0.717) is 0 Å². The van der Waals surface area contributed by atoms with Crippen LogP contribution >= 0.6 is 0 Å². The largest absolute Gasteiger partial charge is 0.0622 e. The van der Waals surface area contributed by atoms with Gasteiger partial charge < -0.3 is 0 Å². The molecule has 27 rings (SSSR count). The van der Waals surface area contributed by atoms with Crippen molar-refractivity contribution in [1.29, 1.82) is 0 Å². The predicted molar refractivity (Wildman–Crippen MR) is 595 cm³/mol. The van der Waals surface area contributed by atoms with E-state index >= 15 is 0 Å². The van der Waals surface area contributed by atoms with Gasteiger partial charge >= 0.3 is 0 Å². The zero-order valence-electron chi connectivity index (χ0n) is 76.0. The summed E-state index contributed by atoms with van der Waals surface area (Å²) in [6.07, 6.45) is 0. The summed E-state index contributed by atoms with van der Waals surface area (Å²) in [7, 11) is 0. The molecule has 0 nitrogen and oxygen atoms in total. The van der Waals surface area contributed by atoms with Crippen LogP contribution in [0.15, 0.2) is 546 Å². The molecule has 0 radical (unpaired) electrons. The fourth-order valence-corrected chi connectivity index (χ4v) is 21.8. The smallest absolute Gasteiger partial charge is 0.00201 e. The average molecular weight is 1750 g/mol. The molecule has 0 heteroatoms. The number of hydrogen-bond acceptors (Lipinski definition) is 0. The van der Waals surface area contributed by atoms with Gasteiger partial charge in [-0.2, -0.15) is 0 Å². The molecule has 0 aliphatic carbocycles. The molecule has 0 fully saturated rings. The number of benzene rings is 27. The van der Waals surface area contributed by atoms with E-state index in [9.17, 15) is 0 Å². The second kappa shape index (κ2) is 35.5. The highest BCUT2D eigenvalue weighted by molar-refractivity contribution is 6.27. The van der Waals surface area contributed by atoms with E-state index in [1.807, 2.05) is 0 Å². The van der Waals surface area contributed by atoms with Crippen LogP contribution in [-0.4, -0.2) is 0 Å². The van der Waals surface area contributed by atoms with Crippen LogP contribution < -0.4 is 0 Å². The Bertz CT molecular complexity index is 9270. The molecule has 138 heavy (non-hydrogen) atoms. The Balaban J connectivity index is 0.000000110. The van der Waals surface area contributed by atoms with Gasteiger partial charge in [-0.25, -0.2) is 0 Å². The number of fused-ring (bicyclic) bond motifs is 12. The second-order valence-corrected chi connectivity index (χ2v) is 36.2. The Labute approximate surface area is 802 Å². The quantitative estimate of drug-likeness (QED) is 0.107. The third-order valence-electron chi connectivity index (χ3n) is 28.3. The van der Waals surface area contributed by atoms with E-state index in [-0.39, 0.29) is 0 Å². The maximum Gasteiger partial charge on any atom is -0.00201 e. The molecule has 0 aliphatic rings. The molecule has 0 aliphatic heterocycles. The first-order valence-corrected chi connectivity index (χ1v) is 47.8. The van der Waals surface area contributed by atoms with Crippen molar-refractivity contribution >= 4 is 129 Å². The Hall–Kier alpha value is -17.9. The lowest BCUT2D eigenvalue weighted by molar-refractivity contribution is 1.60. The topological polar surface area (TPSA) is 0 Å². The lowest BCUT2D eigenvalue weighted by Crippen LogP contribution is -1.92. The minimum absolute atomic E-state index is 1.22. The summed E-state index contributed by atoms with van der Waals surface area (Å²) in [4.78, 5) is 0. The maximum atomic E-state index is 2.40. The van der Waals surface area contributed by atoms with E-state index in [0.717, 1.165) is 0 Å². The highest BCUT2D eigenvalue weighted by Gasteiger charge is 2.24. The van der Waals surface area contributed by atoms with Crippen molar-refractivity contribution in [2.45, 2.75) is 0 Å². The Kier molecular flexibility index (Phi) is 21.1. The summed E-state index contributed by atoms with van der Waals surface area (Å²) < 4.78 is 0. The van der Waals surface area contributed by atoms with Crippen LogP contribution in [0.3, 0.4) is 0 Å². The van der Waals surface area contributed by atoms with Crippen LogP contribution in [0.5, 0.6) is 0 Å². The zero-order chi connectivity index (χ0) is 91.4. The van der Waals surface area contributed by atoms with Gasteiger partial charge in [0, 0.05) is 0 Å². The second-order valence-electron chi connectivity index (χ2n) is 36.2. The molecule has 0 bridgehead atoms. The molecule has 0 heterocycles. The highest BCUT2D eigenvalue weighted by Crippen LogP contribution is 2.52. The normalized spacial score (nSPS) is 11.5. The molecule has 27 aromatic rings. The van der Waals surface area contributed by atoms with Crippen molar-refractivity contribution in [2.24, 2.45) is 0 Å². The molecule has 0 spiro atoms. The standard InChI is InChI=1S/3C46H30/c1-2-13-33(14-3-1)45-39-19-6-8-21-41(39)46(42-22-9-7-20-40(42)45)43-23-11-16-32-25-27-38(30-44(32)43)36-18-10-17-35(29-36)37-26-24-31-12-4-5-15-34(31)28-37;1-2-12-31(13-3-1)35-17-10-18-36(28-35)37-26-25-33-16-11-23-43(44(33)30-37)46-41-21-8-6-19-39(41)45(40-20-7-9-22-42(40)46)38-27-24-32-14-4-5-15-34(32)29-38;1-2-14-33(15-3-1)45-39-20-8-10-22-41(39)46(42-23-11-9-21-40(42)45)43-24-12-17-32-26-28-36(30-44(32)43)38-19-7-6-18-37(38)35-27-25-31-13-4-5-16-34(31)29-35/h3*1-30H. The summed E-state index contributed by atoms with van der Waals surface area (Å²) in [5, 5.41) is 30.4. The first-order valence-electron chi connectivity index (χ1n) is 47.8. The van der Waals surface area contributed by atoms with Gasteiger partial charge in [0.1, 0.15) is 0 Å². The van der Waals surface area contributed by atoms with Crippen LogP contribution in [0.25, 0.3) is 263 Å². The van der Waals surface area contributed by atoms with Crippen LogP contribution in [0.2, 0.25) is 0 Å². The summed E-state index contributed by atoms with van der Waals surface area (Å²) in [5.41, 5.74) is 30.0. The van der Waals surface area contributed by atoms with Crippen LogP contribution in [0.4, 0.5) is 0 Å². The summed E-state index contributed by atoms with van der Waals surface area (Å²) in [6, 6.07) is 200. The fraction of sp³-hybridized carbons (Fsp3) is 0. The van der Waals surface area contributed by atoms with Crippen molar-refractivity contribution in [1.82, 2.24) is 0 Å². The molecule has 0 atom stereocenters. The van der Waals surface area contributed by atoms with Gasteiger partial charge in [0.15, 0.2) is 0 Å². The molecule has 0 saturated carbocycles. The highest BCUT2D eigenvalue weighted by atomic mass is 14.3. The molecule has 27 aromatic carbocycles. The molecular weight excluding hydrogens is 1660 g/mol. The van der Waals surface area contributed by atoms with Crippen LogP contribution in [0.1, 0.15) is 0 Å². The van der Waals surface area contributed by atoms with Gasteiger partial charge in [0.05, 0.1) is 0 Å². The van der Waals surface area contributed by atoms with Crippen LogP contribution in [0, 0.1) is 0 Å². The van der Waals surface area contributed by atoms with Crippen molar-refractivity contribution < 1.29 is 0 Å². The van der Waals surface area contributed by atoms with Crippen molar-refractivity contribution in [3.05, 3.63) is 546 Å². The molecule has 0 unspecified atom stereocenters. The lowest BCUT2D eigenvalue weighted by Gasteiger charge is -2.19. The van der Waals surface area contributed by atoms with E-state index in [4.69, 9.17) is 0 Å². The lowest BCUT2D eigenvalue weighted by atomic mass is 9.84. The fourth-order valence-electron chi connectivity index (χ4n) is 21.8. The van der Waals surface area contributed by atoms with Gasteiger partial charge in [-0.05, 0) is 311 Å². The molecule has 0 N–H and O–H groups in total. The number of rotatable bonds is 12. The summed E-state index contributed by atoms with van der Waals surface area (Å²) in [6.45, 7) is 0. The van der Waals surface area contributed by atoms with E-state index in [2.05, 4.69) is 546 Å². The monoisotopic (exact) mass is 1750 g/mol. The Morgan fingerprint density at radius 3 is 0.601 bits per heavy atom. The molecule has 0 aromatic heterocycles. The number of hydrogen-bond donors (Lipinski definition) is 0. The average Bonchev–Trinajstić information content (AvgIpc) is 0.733. The van der Waals surface area contributed by atoms with Crippen molar-refractivity contribution in [2.75, 3.05) is 0 Å². The third kappa shape index (κ3) is 15.0. The van der Waals surface area contributed by atoms with Gasteiger partial charge in [-0.15, -0.1) is 0 Å². The van der Waals surface area contributed by atoms with Crippen LogP contribution in [-0.2, 0) is 0 Å². The van der Waals surface area contributed by atoms with Gasteiger partial charge in [0.25, 0.3) is 0 Å². The molecule has 642 valence electrons. The van der Waals surface area contributed by atoms with Crippen molar-refractivity contribution in [3.63, 3.8) is 0 Å². The van der Waals surface area contributed by atoms with E-state index in [1.54, 1.807) is 0 Å². The third-order valence-corrected chi connectivity index (χ3v) is 28.3. The van der Waals surface area contributed by atoms with E-state index < -0.39 is 0 Å². The van der Waals surface area contributed by atoms with Gasteiger partial charge in [-0.3, -0.25) is 0 Å². The predicted octanol–water partition coefficient (Wildman–Crippen LogP) is 38.9. The minimum atomic E-state index is 1.22. The Morgan fingerprint density at radius 2 is 0.261 bits per heavy atom. The first kappa shape index (κ1) is 82.0. The van der Waals surface area contributed by atoms with E-state index in [1.165, 1.54) is 263 Å². The van der Waals surface area contributed by atoms with Crippen molar-refractivity contribution in [3.8, 4) is 134 Å². The maximum absolute atomic E-state index is 2.40. The molecule has 0 saturated heterocycles. The summed E-state index contributed by atoms with van der Waals surface area (Å²) >= 11 is 0.